The molecule has 0 aliphatic heterocycles. The highest BCUT2D eigenvalue weighted by atomic mass is 16.5. The Kier molecular flexibility index (Phi) is 2.00. The van der Waals surface area contributed by atoms with E-state index in [4.69, 9.17) is 9.78 Å². The first-order chi connectivity index (χ1) is 7.09. The highest BCUT2D eigenvalue weighted by molar-refractivity contribution is 5.98. The van der Waals surface area contributed by atoms with Gasteiger partial charge >= 0.3 is 0 Å². The molecule has 2 rings (SSSR count). The van der Waals surface area contributed by atoms with Crippen LogP contribution in [-0.2, 0) is 4.79 Å². The summed E-state index contributed by atoms with van der Waals surface area (Å²) in [6.07, 6.45) is 1.25. The highest BCUT2D eigenvalue weighted by Crippen LogP contribution is 2.45. The quantitative estimate of drug-likeness (QED) is 0.794. The second-order valence-electron chi connectivity index (χ2n) is 3.87. The monoisotopic (exact) mass is 205 g/mol. The van der Waals surface area contributed by atoms with E-state index in [1.54, 1.807) is 6.92 Å². The normalized spacial score (nSPS) is 16.9. The van der Waals surface area contributed by atoms with E-state index < -0.39 is 5.41 Å². The van der Waals surface area contributed by atoms with Gasteiger partial charge in [0.15, 0.2) is 0 Å². The third kappa shape index (κ3) is 1.48. The Morgan fingerprint density at radius 2 is 2.27 bits per heavy atom. The van der Waals surface area contributed by atoms with Crippen molar-refractivity contribution in [3.05, 3.63) is 11.3 Å². The lowest BCUT2D eigenvalue weighted by molar-refractivity contribution is -0.119. The van der Waals surface area contributed by atoms with Crippen LogP contribution >= 0.6 is 0 Å². The number of aromatic nitrogens is 1. The largest absolute Gasteiger partial charge is 0.338 e. The van der Waals surface area contributed by atoms with E-state index in [1.165, 1.54) is 0 Å². The maximum absolute atomic E-state index is 11.7. The molecule has 1 heterocycles. The van der Waals surface area contributed by atoms with Crippen LogP contribution in [0.5, 0.6) is 0 Å². The summed E-state index contributed by atoms with van der Waals surface area (Å²) in [5, 5.41) is 15.1. The van der Waals surface area contributed by atoms with Crippen molar-refractivity contribution in [2.45, 2.75) is 26.7 Å². The maximum Gasteiger partial charge on any atom is 0.247 e. The Hall–Kier alpha value is -1.83. The van der Waals surface area contributed by atoms with Gasteiger partial charge in [-0.3, -0.25) is 10.1 Å². The van der Waals surface area contributed by atoms with Crippen LogP contribution in [0.1, 0.15) is 24.1 Å². The molecule has 1 fully saturated rings. The van der Waals surface area contributed by atoms with Crippen molar-refractivity contribution in [3.8, 4) is 6.07 Å². The van der Waals surface area contributed by atoms with E-state index in [-0.39, 0.29) is 5.91 Å². The van der Waals surface area contributed by atoms with Crippen molar-refractivity contribution in [3.63, 3.8) is 0 Å². The van der Waals surface area contributed by atoms with Gasteiger partial charge in [-0.15, -0.1) is 0 Å². The molecule has 0 aromatic carbocycles. The average Bonchev–Trinajstić information content (AvgIpc) is 2.97. The van der Waals surface area contributed by atoms with Gasteiger partial charge in [-0.1, -0.05) is 5.16 Å². The Morgan fingerprint density at radius 1 is 1.60 bits per heavy atom. The van der Waals surface area contributed by atoms with Gasteiger partial charge in [0.05, 0.1) is 11.8 Å². The molecule has 0 saturated heterocycles. The summed E-state index contributed by atoms with van der Waals surface area (Å²) in [7, 11) is 0. The fourth-order valence-electron chi connectivity index (χ4n) is 1.27. The SMILES string of the molecule is Cc1noc(NC(=O)C2(C#N)CC2)c1C. The van der Waals surface area contributed by atoms with E-state index in [0.717, 1.165) is 11.3 Å². The summed E-state index contributed by atoms with van der Waals surface area (Å²) in [6, 6.07) is 2.02. The van der Waals surface area contributed by atoms with Crippen LogP contribution in [0.15, 0.2) is 4.52 Å². The highest BCUT2D eigenvalue weighted by Gasteiger charge is 2.51. The lowest BCUT2D eigenvalue weighted by atomic mass is 10.1. The van der Waals surface area contributed by atoms with Crippen LogP contribution in [0.2, 0.25) is 0 Å². The number of rotatable bonds is 2. The number of nitriles is 1. The van der Waals surface area contributed by atoms with E-state index in [0.29, 0.717) is 18.7 Å². The van der Waals surface area contributed by atoms with Crippen molar-refractivity contribution in [1.29, 1.82) is 5.26 Å². The zero-order valence-corrected chi connectivity index (χ0v) is 8.63. The molecule has 1 N–H and O–H groups in total. The minimum absolute atomic E-state index is 0.288. The average molecular weight is 205 g/mol. The number of carbonyl (C=O) groups is 1. The number of carbonyl (C=O) groups excluding carboxylic acids is 1. The van der Waals surface area contributed by atoms with Gasteiger partial charge < -0.3 is 4.52 Å². The lowest BCUT2D eigenvalue weighted by Gasteiger charge is -2.04. The van der Waals surface area contributed by atoms with E-state index >= 15 is 0 Å². The van der Waals surface area contributed by atoms with Gasteiger partial charge in [-0.05, 0) is 26.7 Å². The summed E-state index contributed by atoms with van der Waals surface area (Å²) in [6.45, 7) is 3.61. The van der Waals surface area contributed by atoms with Crippen LogP contribution in [-0.4, -0.2) is 11.1 Å². The van der Waals surface area contributed by atoms with Crippen LogP contribution in [0, 0.1) is 30.6 Å². The molecule has 0 unspecified atom stereocenters. The number of amides is 1. The van der Waals surface area contributed by atoms with Gasteiger partial charge in [-0.25, -0.2) is 0 Å². The molecule has 1 aliphatic carbocycles. The van der Waals surface area contributed by atoms with Crippen LogP contribution in [0.4, 0.5) is 5.88 Å². The Morgan fingerprint density at radius 3 is 2.67 bits per heavy atom. The smallest absolute Gasteiger partial charge is 0.247 e. The molecular weight excluding hydrogens is 194 g/mol. The Balaban J connectivity index is 2.14. The van der Waals surface area contributed by atoms with Gasteiger partial charge in [-0.2, -0.15) is 5.26 Å². The molecule has 15 heavy (non-hydrogen) atoms. The number of anilines is 1. The van der Waals surface area contributed by atoms with E-state index in [2.05, 4.69) is 10.5 Å². The van der Waals surface area contributed by atoms with Gasteiger partial charge in [0.2, 0.25) is 11.8 Å². The first-order valence-corrected chi connectivity index (χ1v) is 4.75. The molecule has 1 aromatic rings. The lowest BCUT2D eigenvalue weighted by Crippen LogP contribution is -2.22. The summed E-state index contributed by atoms with van der Waals surface area (Å²) in [5.74, 6) is 0.0586. The molecule has 1 aliphatic rings. The van der Waals surface area contributed by atoms with Crippen molar-refractivity contribution in [2.75, 3.05) is 5.32 Å². The Labute approximate surface area is 87.0 Å². The molecule has 5 nitrogen and oxygen atoms in total. The second-order valence-corrected chi connectivity index (χ2v) is 3.87. The number of nitrogens with zero attached hydrogens (tertiary/aromatic N) is 2. The number of hydrogen-bond donors (Lipinski definition) is 1. The van der Waals surface area contributed by atoms with Gasteiger partial charge in [0.25, 0.3) is 0 Å². The van der Waals surface area contributed by atoms with Crippen LogP contribution in [0.3, 0.4) is 0 Å². The number of nitrogens with one attached hydrogen (secondary N) is 1. The van der Waals surface area contributed by atoms with Gasteiger partial charge in [0, 0.05) is 5.56 Å². The molecule has 0 radical (unpaired) electrons. The minimum atomic E-state index is -0.826. The fourth-order valence-corrected chi connectivity index (χ4v) is 1.27. The summed E-state index contributed by atoms with van der Waals surface area (Å²) in [5.41, 5.74) is 0.719. The predicted molar refractivity (Wildman–Crippen MR) is 51.9 cm³/mol. The molecule has 78 valence electrons. The minimum Gasteiger partial charge on any atom is -0.338 e. The molecule has 5 heteroatoms. The first kappa shape index (κ1) is 9.71. The topological polar surface area (TPSA) is 78.9 Å². The first-order valence-electron chi connectivity index (χ1n) is 4.75. The van der Waals surface area contributed by atoms with E-state index in [1.807, 2.05) is 13.0 Å². The molecule has 0 atom stereocenters. The standard InChI is InChI=1S/C10H11N3O2/c1-6-7(2)13-15-8(6)12-9(14)10(5-11)3-4-10/h3-4H2,1-2H3,(H,12,14). The van der Waals surface area contributed by atoms with Crippen molar-refractivity contribution in [2.24, 2.45) is 5.41 Å². The predicted octanol–water partition coefficient (Wildman–Crippen LogP) is 1.53. The zero-order valence-electron chi connectivity index (χ0n) is 8.63. The summed E-state index contributed by atoms with van der Waals surface area (Å²) < 4.78 is 4.94. The van der Waals surface area contributed by atoms with Crippen molar-refractivity contribution in [1.82, 2.24) is 5.16 Å². The molecular formula is C10H11N3O2. The summed E-state index contributed by atoms with van der Waals surface area (Å²) in [4.78, 5) is 11.7. The van der Waals surface area contributed by atoms with Gasteiger partial charge in [0.1, 0.15) is 5.41 Å². The van der Waals surface area contributed by atoms with Crippen molar-refractivity contribution < 1.29 is 9.32 Å². The number of hydrogen-bond acceptors (Lipinski definition) is 4. The molecule has 1 amide bonds. The molecule has 1 aromatic heterocycles. The Bertz CT molecular complexity index is 452. The summed E-state index contributed by atoms with van der Waals surface area (Å²) >= 11 is 0. The third-order valence-electron chi connectivity index (χ3n) is 2.78. The molecule has 0 spiro atoms. The van der Waals surface area contributed by atoms with Crippen LogP contribution < -0.4 is 5.32 Å². The second kappa shape index (κ2) is 3.09. The maximum atomic E-state index is 11.7. The van der Waals surface area contributed by atoms with Crippen molar-refractivity contribution >= 4 is 11.8 Å². The number of aryl methyl sites for hydroxylation is 1. The fraction of sp³-hybridized carbons (Fsp3) is 0.500. The van der Waals surface area contributed by atoms with Crippen LogP contribution in [0.25, 0.3) is 0 Å². The third-order valence-corrected chi connectivity index (χ3v) is 2.78. The molecule has 1 saturated carbocycles. The van der Waals surface area contributed by atoms with E-state index in [9.17, 15) is 4.79 Å². The zero-order chi connectivity index (χ0) is 11.1. The molecule has 0 bridgehead atoms.